The van der Waals surface area contributed by atoms with E-state index in [1.807, 2.05) is 0 Å². The Hall–Kier alpha value is -0.0800. The minimum absolute atomic E-state index is 0.448. The Labute approximate surface area is 120 Å². The van der Waals surface area contributed by atoms with Crippen LogP contribution in [0.1, 0.15) is 66.2 Å². The molecule has 2 fully saturated rings. The van der Waals surface area contributed by atoms with E-state index in [2.05, 4.69) is 45.0 Å². The third-order valence-corrected chi connectivity index (χ3v) is 5.37. The maximum Gasteiger partial charge on any atom is 0.0192 e. The van der Waals surface area contributed by atoms with Crippen molar-refractivity contribution in [2.75, 3.05) is 13.6 Å². The summed E-state index contributed by atoms with van der Waals surface area (Å²) in [6.07, 6.45) is 8.45. The highest BCUT2D eigenvalue weighted by molar-refractivity contribution is 4.90. The number of likely N-dealkylation sites (N-methyl/N-ethyl adjacent to an activating group) is 1. The van der Waals surface area contributed by atoms with Gasteiger partial charge in [0.05, 0.1) is 0 Å². The number of nitrogens with one attached hydrogen (secondary N) is 1. The first kappa shape index (κ1) is 15.3. The second kappa shape index (κ2) is 6.13. The lowest BCUT2D eigenvalue weighted by molar-refractivity contribution is 0.123. The van der Waals surface area contributed by atoms with Crippen LogP contribution in [0.15, 0.2) is 0 Å². The Balaban J connectivity index is 1.82. The van der Waals surface area contributed by atoms with E-state index in [1.165, 1.54) is 38.5 Å². The molecule has 0 aromatic rings. The SMILES string of the molecule is CC(CNC1CCCCC1C(C)(C)C)N(C)C1CC1. The van der Waals surface area contributed by atoms with Crippen LogP contribution >= 0.6 is 0 Å². The molecule has 1 N–H and O–H groups in total. The Morgan fingerprint density at radius 1 is 1.11 bits per heavy atom. The summed E-state index contributed by atoms with van der Waals surface area (Å²) in [6.45, 7) is 10.8. The van der Waals surface area contributed by atoms with Crippen molar-refractivity contribution in [2.45, 2.75) is 84.3 Å². The zero-order chi connectivity index (χ0) is 14.0. The molecule has 2 saturated carbocycles. The fraction of sp³-hybridized carbons (Fsp3) is 1.00. The number of hydrogen-bond donors (Lipinski definition) is 1. The summed E-state index contributed by atoms with van der Waals surface area (Å²) in [5.41, 5.74) is 0.448. The fourth-order valence-electron chi connectivity index (χ4n) is 3.72. The van der Waals surface area contributed by atoms with Gasteiger partial charge in [-0.05, 0) is 51.0 Å². The van der Waals surface area contributed by atoms with Gasteiger partial charge in [0.2, 0.25) is 0 Å². The van der Waals surface area contributed by atoms with Crippen LogP contribution in [0.4, 0.5) is 0 Å². The molecule has 2 heteroatoms. The molecule has 0 aromatic carbocycles. The van der Waals surface area contributed by atoms with E-state index >= 15 is 0 Å². The molecule has 112 valence electrons. The lowest BCUT2D eigenvalue weighted by atomic mass is 9.69. The van der Waals surface area contributed by atoms with Crippen molar-refractivity contribution in [1.29, 1.82) is 0 Å². The Kier molecular flexibility index (Phi) is 4.94. The number of hydrogen-bond acceptors (Lipinski definition) is 2. The van der Waals surface area contributed by atoms with Gasteiger partial charge in [0.15, 0.2) is 0 Å². The zero-order valence-electron chi connectivity index (χ0n) is 13.7. The van der Waals surface area contributed by atoms with Crippen molar-refractivity contribution < 1.29 is 0 Å². The van der Waals surface area contributed by atoms with Crippen LogP contribution in [0.2, 0.25) is 0 Å². The highest BCUT2D eigenvalue weighted by Crippen LogP contribution is 2.38. The fourth-order valence-corrected chi connectivity index (χ4v) is 3.72. The molecule has 3 atom stereocenters. The lowest BCUT2D eigenvalue weighted by Crippen LogP contribution is -2.48. The Morgan fingerprint density at radius 2 is 1.74 bits per heavy atom. The minimum Gasteiger partial charge on any atom is -0.312 e. The molecule has 0 heterocycles. The van der Waals surface area contributed by atoms with Crippen molar-refractivity contribution in [2.24, 2.45) is 11.3 Å². The van der Waals surface area contributed by atoms with Gasteiger partial charge < -0.3 is 5.32 Å². The molecular formula is C17H34N2. The molecule has 19 heavy (non-hydrogen) atoms. The largest absolute Gasteiger partial charge is 0.312 e. The molecule has 0 saturated heterocycles. The summed E-state index contributed by atoms with van der Waals surface area (Å²) in [6, 6.07) is 2.29. The average molecular weight is 266 g/mol. The van der Waals surface area contributed by atoms with Crippen LogP contribution < -0.4 is 5.32 Å². The van der Waals surface area contributed by atoms with E-state index in [0.717, 1.165) is 24.5 Å². The van der Waals surface area contributed by atoms with Crippen LogP contribution in [0, 0.1) is 11.3 Å². The Morgan fingerprint density at radius 3 is 2.32 bits per heavy atom. The van der Waals surface area contributed by atoms with Crippen molar-refractivity contribution >= 4 is 0 Å². The predicted molar refractivity (Wildman–Crippen MR) is 83.5 cm³/mol. The van der Waals surface area contributed by atoms with Gasteiger partial charge in [-0.1, -0.05) is 33.6 Å². The average Bonchev–Trinajstić information content (AvgIpc) is 3.18. The van der Waals surface area contributed by atoms with E-state index in [9.17, 15) is 0 Å². The van der Waals surface area contributed by atoms with Gasteiger partial charge in [-0.2, -0.15) is 0 Å². The summed E-state index contributed by atoms with van der Waals surface area (Å²) in [7, 11) is 2.30. The molecule has 2 rings (SSSR count). The number of rotatable bonds is 5. The first-order chi connectivity index (χ1) is 8.89. The van der Waals surface area contributed by atoms with Crippen molar-refractivity contribution in [3.63, 3.8) is 0 Å². The monoisotopic (exact) mass is 266 g/mol. The number of nitrogens with zero attached hydrogens (tertiary/aromatic N) is 1. The first-order valence-electron chi connectivity index (χ1n) is 8.35. The second-order valence-corrected chi connectivity index (χ2v) is 8.02. The molecule has 2 aliphatic carbocycles. The first-order valence-corrected chi connectivity index (χ1v) is 8.35. The summed E-state index contributed by atoms with van der Waals surface area (Å²) >= 11 is 0. The van der Waals surface area contributed by atoms with Crippen molar-refractivity contribution in [1.82, 2.24) is 10.2 Å². The van der Waals surface area contributed by atoms with Crippen molar-refractivity contribution in [3.05, 3.63) is 0 Å². The topological polar surface area (TPSA) is 15.3 Å². The summed E-state index contributed by atoms with van der Waals surface area (Å²) in [4.78, 5) is 2.57. The second-order valence-electron chi connectivity index (χ2n) is 8.02. The van der Waals surface area contributed by atoms with E-state index < -0.39 is 0 Å². The molecule has 0 radical (unpaired) electrons. The maximum absolute atomic E-state index is 3.90. The van der Waals surface area contributed by atoms with E-state index in [4.69, 9.17) is 0 Å². The van der Waals surface area contributed by atoms with Gasteiger partial charge in [0.25, 0.3) is 0 Å². The van der Waals surface area contributed by atoms with Gasteiger partial charge in [-0.3, -0.25) is 4.90 Å². The van der Waals surface area contributed by atoms with E-state index in [-0.39, 0.29) is 0 Å². The maximum atomic E-state index is 3.90. The molecule has 0 aromatic heterocycles. The van der Waals surface area contributed by atoms with Crippen LogP contribution in [0.25, 0.3) is 0 Å². The molecule has 0 bridgehead atoms. The third kappa shape index (κ3) is 4.19. The lowest BCUT2D eigenvalue weighted by Gasteiger charge is -2.41. The summed E-state index contributed by atoms with van der Waals surface area (Å²) in [5, 5.41) is 3.90. The van der Waals surface area contributed by atoms with Gasteiger partial charge in [-0.25, -0.2) is 0 Å². The van der Waals surface area contributed by atoms with Crippen LogP contribution in [-0.2, 0) is 0 Å². The van der Waals surface area contributed by atoms with Crippen LogP contribution in [-0.4, -0.2) is 36.6 Å². The molecular weight excluding hydrogens is 232 g/mol. The Bertz CT molecular complexity index is 277. The normalized spacial score (nSPS) is 30.6. The summed E-state index contributed by atoms with van der Waals surface area (Å²) < 4.78 is 0. The zero-order valence-corrected chi connectivity index (χ0v) is 13.7. The molecule has 0 aliphatic heterocycles. The summed E-state index contributed by atoms with van der Waals surface area (Å²) in [5.74, 6) is 0.847. The van der Waals surface area contributed by atoms with Gasteiger partial charge >= 0.3 is 0 Å². The third-order valence-electron chi connectivity index (χ3n) is 5.37. The van der Waals surface area contributed by atoms with Gasteiger partial charge in [0, 0.05) is 24.7 Å². The van der Waals surface area contributed by atoms with Crippen LogP contribution in [0.3, 0.4) is 0 Å². The minimum atomic E-state index is 0.448. The molecule has 0 amide bonds. The van der Waals surface area contributed by atoms with Gasteiger partial charge in [-0.15, -0.1) is 0 Å². The standard InChI is InChI=1S/C17H34N2/c1-13(19(5)14-10-11-14)12-18-16-9-7-6-8-15(16)17(2,3)4/h13-16,18H,6-12H2,1-5H3. The van der Waals surface area contributed by atoms with Gasteiger partial charge in [0.1, 0.15) is 0 Å². The van der Waals surface area contributed by atoms with E-state index in [0.29, 0.717) is 11.5 Å². The molecule has 2 nitrogen and oxygen atoms in total. The van der Waals surface area contributed by atoms with E-state index in [1.54, 1.807) is 0 Å². The highest BCUT2D eigenvalue weighted by atomic mass is 15.2. The van der Waals surface area contributed by atoms with Crippen molar-refractivity contribution in [3.8, 4) is 0 Å². The predicted octanol–water partition coefficient (Wildman–Crippen LogP) is 3.66. The molecule has 0 spiro atoms. The quantitative estimate of drug-likeness (QED) is 0.817. The van der Waals surface area contributed by atoms with Crippen LogP contribution in [0.5, 0.6) is 0 Å². The molecule has 3 unspecified atom stereocenters. The molecule has 2 aliphatic rings. The smallest absolute Gasteiger partial charge is 0.0192 e. The highest BCUT2D eigenvalue weighted by Gasteiger charge is 2.34.